The van der Waals surface area contributed by atoms with E-state index in [4.69, 9.17) is 19.3 Å². The van der Waals surface area contributed by atoms with Crippen molar-refractivity contribution in [1.29, 1.82) is 0 Å². The van der Waals surface area contributed by atoms with Crippen LogP contribution in [-0.4, -0.2) is 69.2 Å². The van der Waals surface area contributed by atoms with E-state index in [-0.39, 0.29) is 37.6 Å². The van der Waals surface area contributed by atoms with Gasteiger partial charge < -0.3 is 29.5 Å². The number of ketones is 1. The Labute approximate surface area is 288 Å². The van der Waals surface area contributed by atoms with E-state index in [1.807, 2.05) is 12.2 Å². The molecular weight excluding hydrogens is 639 g/mol. The second-order valence-corrected chi connectivity index (χ2v) is 14.5. The minimum Gasteiger partial charge on any atom is -0.462 e. The van der Waals surface area contributed by atoms with E-state index in [1.165, 1.54) is 25.7 Å². The van der Waals surface area contributed by atoms with Gasteiger partial charge in [-0.2, -0.15) is 0 Å². The van der Waals surface area contributed by atoms with Gasteiger partial charge in [0.2, 0.25) is 0 Å². The lowest BCUT2D eigenvalue weighted by Crippen LogP contribution is -2.29. The summed E-state index contributed by atoms with van der Waals surface area (Å²) in [6.45, 7) is 5.57. The Bertz CT molecular complexity index is 1010. The third-order valence-electron chi connectivity index (χ3n) is 8.89. The zero-order valence-corrected chi connectivity index (χ0v) is 30.4. The number of ether oxygens (including phenoxy) is 2. The number of unbranched alkanes of at least 4 members (excludes halogenated alkanes) is 8. The van der Waals surface area contributed by atoms with Gasteiger partial charge in [0.15, 0.2) is 6.10 Å². The molecule has 1 unspecified atom stereocenters. The smallest absolute Gasteiger partial charge is 0.462 e. The van der Waals surface area contributed by atoms with Crippen LogP contribution in [0.4, 0.5) is 0 Å². The standard InChI is InChI=1S/C36H63O11P/c1-4-6-13-19-29(37)23-24-32-31(33(38)25-34(32)39)20-15-11-12-16-21-35(40)45-26-30(27-46-48(42,43)44)47-36(41)22-17-10-8-7-9-14-18-28(3)5-2/h11,15,23-24,28-33,37-38H,4-10,12-14,16-22,25-27H2,1-3H3,(H2,42,43,44)/b15-11-,24-23+/t28?,29-,30+,31+,32+,33-/m0/s1. The van der Waals surface area contributed by atoms with Crippen LogP contribution in [0.15, 0.2) is 24.3 Å². The van der Waals surface area contributed by atoms with Crippen LogP contribution in [0.25, 0.3) is 0 Å². The fourth-order valence-electron chi connectivity index (χ4n) is 5.68. The molecule has 1 aliphatic rings. The van der Waals surface area contributed by atoms with Gasteiger partial charge in [-0.3, -0.25) is 18.9 Å². The Morgan fingerprint density at radius 1 is 0.917 bits per heavy atom. The van der Waals surface area contributed by atoms with Gasteiger partial charge in [0.1, 0.15) is 12.4 Å². The van der Waals surface area contributed by atoms with Gasteiger partial charge in [-0.1, -0.05) is 109 Å². The highest BCUT2D eigenvalue weighted by Crippen LogP contribution is 2.36. The molecule has 0 bridgehead atoms. The van der Waals surface area contributed by atoms with Crippen LogP contribution in [0.1, 0.15) is 136 Å². The van der Waals surface area contributed by atoms with Crippen LogP contribution in [0.2, 0.25) is 0 Å². The molecule has 1 aliphatic carbocycles. The second kappa shape index (κ2) is 26.0. The molecule has 1 fully saturated rings. The highest BCUT2D eigenvalue weighted by atomic mass is 31.2. The van der Waals surface area contributed by atoms with Gasteiger partial charge >= 0.3 is 19.8 Å². The average Bonchev–Trinajstić information content (AvgIpc) is 3.30. The van der Waals surface area contributed by atoms with Gasteiger partial charge in [0, 0.05) is 31.1 Å². The molecule has 12 heteroatoms. The molecule has 0 aromatic rings. The van der Waals surface area contributed by atoms with Crippen LogP contribution >= 0.6 is 7.82 Å². The minimum atomic E-state index is -4.81. The fourth-order valence-corrected chi connectivity index (χ4v) is 6.04. The van der Waals surface area contributed by atoms with E-state index in [2.05, 4.69) is 25.3 Å². The summed E-state index contributed by atoms with van der Waals surface area (Å²) in [5.74, 6) is -1.07. The Morgan fingerprint density at radius 2 is 1.58 bits per heavy atom. The Balaban J connectivity index is 2.39. The zero-order chi connectivity index (χ0) is 35.8. The molecule has 4 N–H and O–H groups in total. The topological polar surface area (TPSA) is 177 Å². The third kappa shape index (κ3) is 22.0. The maximum atomic E-state index is 12.4. The first-order chi connectivity index (χ1) is 22.9. The fraction of sp³-hybridized carbons (Fsp3) is 0.806. The van der Waals surface area contributed by atoms with E-state index < -0.39 is 50.6 Å². The van der Waals surface area contributed by atoms with Crippen molar-refractivity contribution in [3.63, 3.8) is 0 Å². The van der Waals surface area contributed by atoms with Crippen LogP contribution in [0, 0.1) is 17.8 Å². The monoisotopic (exact) mass is 702 g/mol. The van der Waals surface area contributed by atoms with Gasteiger partial charge in [0.25, 0.3) is 0 Å². The Kier molecular flexibility index (Phi) is 23.9. The van der Waals surface area contributed by atoms with Crippen LogP contribution in [0.3, 0.4) is 0 Å². The highest BCUT2D eigenvalue weighted by Gasteiger charge is 2.39. The van der Waals surface area contributed by atoms with E-state index >= 15 is 0 Å². The lowest BCUT2D eigenvalue weighted by molar-refractivity contribution is -0.161. The lowest BCUT2D eigenvalue weighted by atomic mass is 9.90. The van der Waals surface area contributed by atoms with E-state index in [0.29, 0.717) is 32.1 Å². The first-order valence-electron chi connectivity index (χ1n) is 18.1. The molecule has 0 aromatic heterocycles. The molecule has 0 aromatic carbocycles. The molecule has 0 radical (unpaired) electrons. The molecule has 278 valence electrons. The predicted molar refractivity (Wildman–Crippen MR) is 185 cm³/mol. The van der Waals surface area contributed by atoms with Gasteiger partial charge in [0.05, 0.1) is 18.8 Å². The summed E-state index contributed by atoms with van der Waals surface area (Å²) in [7, 11) is -4.81. The van der Waals surface area contributed by atoms with Crippen LogP contribution < -0.4 is 0 Å². The van der Waals surface area contributed by atoms with Gasteiger partial charge in [-0.25, -0.2) is 4.57 Å². The molecule has 0 aliphatic heterocycles. The number of Topliss-reactive ketones (excluding diaryl/α,β-unsaturated/α-hetero) is 1. The van der Waals surface area contributed by atoms with Crippen molar-refractivity contribution in [2.45, 2.75) is 155 Å². The largest absolute Gasteiger partial charge is 0.469 e. The Hall–Kier alpha value is -1.88. The summed E-state index contributed by atoms with van der Waals surface area (Å²) in [5.41, 5.74) is 0. The predicted octanol–water partition coefficient (Wildman–Crippen LogP) is 6.90. The molecule has 48 heavy (non-hydrogen) atoms. The van der Waals surface area contributed by atoms with E-state index in [1.54, 1.807) is 12.2 Å². The second-order valence-electron chi connectivity index (χ2n) is 13.2. The summed E-state index contributed by atoms with van der Waals surface area (Å²) in [6, 6.07) is 0. The molecule has 0 spiro atoms. The number of carbonyl (C=O) groups excluding carboxylic acids is 3. The number of allylic oxidation sites excluding steroid dienone is 3. The molecular formula is C36H63O11P. The molecule has 0 saturated heterocycles. The van der Waals surface area contributed by atoms with Crippen LogP contribution in [-0.2, 0) is 32.9 Å². The molecule has 6 atom stereocenters. The summed E-state index contributed by atoms with van der Waals surface area (Å²) in [6.07, 6.45) is 18.7. The highest BCUT2D eigenvalue weighted by molar-refractivity contribution is 7.46. The molecule has 11 nitrogen and oxygen atoms in total. The number of carbonyl (C=O) groups is 3. The van der Waals surface area contributed by atoms with E-state index in [9.17, 15) is 29.2 Å². The number of hydrogen-bond acceptors (Lipinski definition) is 9. The van der Waals surface area contributed by atoms with Crippen molar-refractivity contribution >= 4 is 25.5 Å². The Morgan fingerprint density at radius 3 is 2.27 bits per heavy atom. The number of esters is 2. The first-order valence-corrected chi connectivity index (χ1v) is 19.7. The number of aliphatic hydroxyl groups excluding tert-OH is 2. The number of phosphoric acid groups is 1. The first kappa shape index (κ1) is 44.1. The lowest BCUT2D eigenvalue weighted by Gasteiger charge is -2.18. The normalized spacial score (nSPS) is 20.4. The van der Waals surface area contributed by atoms with Crippen molar-refractivity contribution in [3.8, 4) is 0 Å². The van der Waals surface area contributed by atoms with Crippen molar-refractivity contribution in [3.05, 3.63) is 24.3 Å². The molecule has 1 saturated carbocycles. The summed E-state index contributed by atoms with van der Waals surface area (Å²) >= 11 is 0. The van der Waals surface area contributed by atoms with Crippen LogP contribution in [0.5, 0.6) is 0 Å². The average molecular weight is 703 g/mol. The number of hydrogen-bond donors (Lipinski definition) is 4. The van der Waals surface area contributed by atoms with Crippen molar-refractivity contribution in [2.24, 2.45) is 17.8 Å². The number of phosphoric ester groups is 1. The van der Waals surface area contributed by atoms with Gasteiger partial charge in [-0.15, -0.1) is 0 Å². The number of aliphatic hydroxyl groups is 2. The van der Waals surface area contributed by atoms with E-state index in [0.717, 1.165) is 44.4 Å². The molecule has 0 heterocycles. The minimum absolute atomic E-state index is 0.0333. The number of rotatable bonds is 28. The summed E-state index contributed by atoms with van der Waals surface area (Å²) in [5, 5.41) is 20.6. The van der Waals surface area contributed by atoms with Gasteiger partial charge in [-0.05, 0) is 38.0 Å². The third-order valence-corrected chi connectivity index (χ3v) is 9.38. The maximum absolute atomic E-state index is 12.4. The molecule has 1 rings (SSSR count). The maximum Gasteiger partial charge on any atom is 0.469 e. The summed E-state index contributed by atoms with van der Waals surface area (Å²) < 4.78 is 26.2. The summed E-state index contributed by atoms with van der Waals surface area (Å²) in [4.78, 5) is 55.2. The SMILES string of the molecule is CCCCC[C@H](O)/C=C/[C@H]1C(=O)C[C@H](O)[C@@H]1C/C=C\CCCC(=O)OC[C@H](COP(=O)(O)O)OC(=O)CCCCCCCCC(C)CC. The van der Waals surface area contributed by atoms with Crippen molar-refractivity contribution in [2.75, 3.05) is 13.2 Å². The van der Waals surface area contributed by atoms with Crippen molar-refractivity contribution < 1.29 is 52.9 Å². The molecule has 0 amide bonds. The van der Waals surface area contributed by atoms with Crippen molar-refractivity contribution in [1.82, 2.24) is 0 Å². The quantitative estimate of drug-likeness (QED) is 0.0289. The zero-order valence-electron chi connectivity index (χ0n) is 29.5.